The lowest BCUT2D eigenvalue weighted by Crippen LogP contribution is -2.49. The van der Waals surface area contributed by atoms with Gasteiger partial charge in [0.2, 0.25) is 0 Å². The number of piperidine rings is 1. The maximum atomic E-state index is 12.7. The van der Waals surface area contributed by atoms with Gasteiger partial charge in [-0.25, -0.2) is 0 Å². The molecule has 1 N–H and O–H groups in total. The zero-order valence-electron chi connectivity index (χ0n) is 14.8. The lowest BCUT2D eigenvalue weighted by Gasteiger charge is -2.33. The molecule has 1 heterocycles. The zero-order chi connectivity index (χ0) is 17.8. The zero-order valence-corrected chi connectivity index (χ0v) is 14.8. The molecule has 3 rings (SSSR count). The van der Waals surface area contributed by atoms with Gasteiger partial charge in [-0.3, -0.25) is 9.59 Å². The topological polar surface area (TPSA) is 49.4 Å². The largest absolute Gasteiger partial charge is 0.348 e. The number of rotatable bonds is 3. The van der Waals surface area contributed by atoms with Gasteiger partial charge in [-0.15, -0.1) is 0 Å². The Morgan fingerprint density at radius 3 is 2.08 bits per heavy atom. The molecule has 1 saturated heterocycles. The molecule has 0 bridgehead atoms. The van der Waals surface area contributed by atoms with Crippen molar-refractivity contribution in [1.82, 2.24) is 10.2 Å². The number of aryl methyl sites for hydroxylation is 2. The molecule has 1 fully saturated rings. The summed E-state index contributed by atoms with van der Waals surface area (Å²) < 4.78 is 0. The van der Waals surface area contributed by atoms with Crippen LogP contribution in [0.15, 0.2) is 48.5 Å². The van der Waals surface area contributed by atoms with Crippen molar-refractivity contribution in [2.75, 3.05) is 13.1 Å². The number of hydrogen-bond donors (Lipinski definition) is 1. The molecule has 2 aromatic carbocycles. The van der Waals surface area contributed by atoms with Crippen molar-refractivity contribution >= 4 is 11.8 Å². The van der Waals surface area contributed by atoms with Gasteiger partial charge in [0.1, 0.15) is 0 Å². The molecule has 0 unspecified atom stereocenters. The third-order valence-electron chi connectivity index (χ3n) is 4.66. The third kappa shape index (κ3) is 4.27. The Morgan fingerprint density at radius 1 is 0.920 bits per heavy atom. The van der Waals surface area contributed by atoms with E-state index < -0.39 is 0 Å². The highest BCUT2D eigenvalue weighted by Gasteiger charge is 2.25. The molecule has 2 aromatic rings. The van der Waals surface area contributed by atoms with Crippen LogP contribution in [0.4, 0.5) is 0 Å². The van der Waals surface area contributed by atoms with Crippen LogP contribution in [0.2, 0.25) is 0 Å². The Balaban J connectivity index is 1.62. The minimum Gasteiger partial charge on any atom is -0.348 e. The highest BCUT2D eigenvalue weighted by Crippen LogP contribution is 2.15. The summed E-state index contributed by atoms with van der Waals surface area (Å²) in [5, 5.41) is 3.07. The van der Waals surface area contributed by atoms with Crippen molar-refractivity contribution in [3.8, 4) is 0 Å². The molecule has 0 aromatic heterocycles. The van der Waals surface area contributed by atoms with Crippen LogP contribution < -0.4 is 5.32 Å². The summed E-state index contributed by atoms with van der Waals surface area (Å²) in [5.74, 6) is -0.0380. The predicted octanol–water partition coefficient (Wildman–Crippen LogP) is 3.34. The van der Waals surface area contributed by atoms with Gasteiger partial charge in [-0.2, -0.15) is 0 Å². The highest BCUT2D eigenvalue weighted by molar-refractivity contribution is 5.95. The summed E-state index contributed by atoms with van der Waals surface area (Å²) in [4.78, 5) is 26.9. The van der Waals surface area contributed by atoms with Crippen LogP contribution in [-0.4, -0.2) is 35.8 Å². The van der Waals surface area contributed by atoms with Crippen LogP contribution in [0.3, 0.4) is 0 Å². The van der Waals surface area contributed by atoms with Crippen molar-refractivity contribution in [2.45, 2.75) is 32.7 Å². The van der Waals surface area contributed by atoms with Gasteiger partial charge >= 0.3 is 0 Å². The minimum atomic E-state index is -0.0744. The quantitative estimate of drug-likeness (QED) is 0.934. The highest BCUT2D eigenvalue weighted by atomic mass is 16.2. The Morgan fingerprint density at radius 2 is 1.48 bits per heavy atom. The number of carbonyl (C=O) groups is 2. The van der Waals surface area contributed by atoms with Crippen LogP contribution in [0.25, 0.3) is 0 Å². The minimum absolute atomic E-state index is 0.00282. The van der Waals surface area contributed by atoms with Crippen molar-refractivity contribution in [3.63, 3.8) is 0 Å². The van der Waals surface area contributed by atoms with Gasteiger partial charge in [0, 0.05) is 30.3 Å². The van der Waals surface area contributed by atoms with E-state index in [-0.39, 0.29) is 17.9 Å². The molecular formula is C21H24N2O2. The SMILES string of the molecule is Cc1ccc(C(=O)N[C@@H]2CCCN(C(=O)c3ccc(C)cc3)C2)cc1. The van der Waals surface area contributed by atoms with E-state index in [1.807, 2.05) is 67.3 Å². The summed E-state index contributed by atoms with van der Waals surface area (Å²) >= 11 is 0. The van der Waals surface area contributed by atoms with E-state index in [4.69, 9.17) is 0 Å². The number of nitrogens with one attached hydrogen (secondary N) is 1. The molecule has 1 aliphatic rings. The van der Waals surface area contributed by atoms with Gasteiger partial charge in [-0.05, 0) is 51.0 Å². The molecule has 4 nitrogen and oxygen atoms in total. The number of likely N-dealkylation sites (tertiary alicyclic amines) is 1. The van der Waals surface area contributed by atoms with Gasteiger partial charge in [0.25, 0.3) is 11.8 Å². The Kier molecular flexibility index (Phi) is 5.17. The van der Waals surface area contributed by atoms with Crippen molar-refractivity contribution in [3.05, 3.63) is 70.8 Å². The number of hydrogen-bond acceptors (Lipinski definition) is 2. The first-order valence-corrected chi connectivity index (χ1v) is 8.76. The maximum Gasteiger partial charge on any atom is 0.253 e. The molecule has 25 heavy (non-hydrogen) atoms. The fourth-order valence-electron chi connectivity index (χ4n) is 3.13. The molecule has 0 spiro atoms. The van der Waals surface area contributed by atoms with Crippen molar-refractivity contribution in [2.24, 2.45) is 0 Å². The molecular weight excluding hydrogens is 312 g/mol. The van der Waals surface area contributed by atoms with Gasteiger partial charge in [0.05, 0.1) is 0 Å². The summed E-state index contributed by atoms with van der Waals surface area (Å²) in [6.07, 6.45) is 1.80. The molecule has 2 amide bonds. The summed E-state index contributed by atoms with van der Waals surface area (Å²) in [6.45, 7) is 5.30. The fraction of sp³-hybridized carbons (Fsp3) is 0.333. The second-order valence-corrected chi connectivity index (χ2v) is 6.80. The van der Waals surface area contributed by atoms with E-state index in [0.717, 1.165) is 30.5 Å². The van der Waals surface area contributed by atoms with Gasteiger partial charge in [0.15, 0.2) is 0 Å². The van der Waals surface area contributed by atoms with Gasteiger partial charge < -0.3 is 10.2 Å². The number of amides is 2. The first-order chi connectivity index (χ1) is 12.0. The first kappa shape index (κ1) is 17.2. The normalized spacial score (nSPS) is 17.2. The van der Waals surface area contributed by atoms with E-state index in [9.17, 15) is 9.59 Å². The van der Waals surface area contributed by atoms with E-state index >= 15 is 0 Å². The summed E-state index contributed by atoms with van der Waals surface area (Å²) in [6, 6.07) is 15.2. The molecule has 4 heteroatoms. The lowest BCUT2D eigenvalue weighted by molar-refractivity contribution is 0.0676. The monoisotopic (exact) mass is 336 g/mol. The van der Waals surface area contributed by atoms with E-state index in [2.05, 4.69) is 5.32 Å². The van der Waals surface area contributed by atoms with Crippen LogP contribution in [0.5, 0.6) is 0 Å². The molecule has 1 atom stereocenters. The van der Waals surface area contributed by atoms with Crippen LogP contribution >= 0.6 is 0 Å². The number of nitrogens with zero attached hydrogens (tertiary/aromatic N) is 1. The van der Waals surface area contributed by atoms with Crippen LogP contribution in [0.1, 0.15) is 44.7 Å². The number of benzene rings is 2. The lowest BCUT2D eigenvalue weighted by atomic mass is 10.0. The van der Waals surface area contributed by atoms with Gasteiger partial charge in [-0.1, -0.05) is 35.4 Å². The van der Waals surface area contributed by atoms with Crippen LogP contribution in [0, 0.1) is 13.8 Å². The number of carbonyl (C=O) groups excluding carboxylic acids is 2. The van der Waals surface area contributed by atoms with Crippen LogP contribution in [-0.2, 0) is 0 Å². The standard InChI is InChI=1S/C21H24N2O2/c1-15-5-9-17(10-6-15)20(24)22-19-4-3-13-23(14-19)21(25)18-11-7-16(2)8-12-18/h5-12,19H,3-4,13-14H2,1-2H3,(H,22,24)/t19-/m1/s1. The second-order valence-electron chi connectivity index (χ2n) is 6.80. The first-order valence-electron chi connectivity index (χ1n) is 8.76. The Bertz CT molecular complexity index is 750. The average Bonchev–Trinajstić information content (AvgIpc) is 2.62. The molecule has 0 radical (unpaired) electrons. The maximum absolute atomic E-state index is 12.7. The summed E-state index contributed by atoms with van der Waals surface area (Å²) in [5.41, 5.74) is 3.63. The van der Waals surface area contributed by atoms with Crippen molar-refractivity contribution < 1.29 is 9.59 Å². The van der Waals surface area contributed by atoms with E-state index in [1.165, 1.54) is 0 Å². The molecule has 0 saturated carbocycles. The fourth-order valence-corrected chi connectivity index (χ4v) is 3.13. The van der Waals surface area contributed by atoms with Crippen molar-refractivity contribution in [1.29, 1.82) is 0 Å². The molecule has 0 aliphatic carbocycles. The Labute approximate surface area is 148 Å². The van der Waals surface area contributed by atoms with E-state index in [0.29, 0.717) is 17.7 Å². The molecule has 1 aliphatic heterocycles. The average molecular weight is 336 g/mol. The smallest absolute Gasteiger partial charge is 0.253 e. The second kappa shape index (κ2) is 7.51. The van der Waals surface area contributed by atoms with E-state index in [1.54, 1.807) is 0 Å². The molecule has 130 valence electrons. The predicted molar refractivity (Wildman–Crippen MR) is 98.7 cm³/mol. The Hall–Kier alpha value is -2.62. The third-order valence-corrected chi connectivity index (χ3v) is 4.66. The summed E-state index contributed by atoms with van der Waals surface area (Å²) in [7, 11) is 0.